The van der Waals surface area contributed by atoms with Crippen LogP contribution in [0.1, 0.15) is 11.7 Å². The van der Waals surface area contributed by atoms with E-state index in [1.807, 2.05) is 0 Å². The Bertz CT molecular complexity index is 380. The standard InChI is InChI=1S/C11H18ClN3O3/c1-16-3-2-15-11(8(12)6-14-15)10(13)9-7-17-4-5-18-9/h6,9-10H,2-5,7,13H2,1H3. The molecule has 0 radical (unpaired) electrons. The van der Waals surface area contributed by atoms with E-state index in [1.165, 1.54) is 0 Å². The van der Waals surface area contributed by atoms with Crippen molar-refractivity contribution in [1.82, 2.24) is 9.78 Å². The van der Waals surface area contributed by atoms with E-state index in [9.17, 15) is 0 Å². The summed E-state index contributed by atoms with van der Waals surface area (Å²) in [5, 5.41) is 4.75. The van der Waals surface area contributed by atoms with Crippen LogP contribution in [0.2, 0.25) is 5.02 Å². The number of nitrogens with zero attached hydrogens (tertiary/aromatic N) is 2. The number of ether oxygens (including phenoxy) is 3. The van der Waals surface area contributed by atoms with Crippen LogP contribution in [0.3, 0.4) is 0 Å². The average Bonchev–Trinajstić information content (AvgIpc) is 2.77. The number of nitrogens with two attached hydrogens (primary N) is 1. The van der Waals surface area contributed by atoms with Crippen LogP contribution in [-0.2, 0) is 20.8 Å². The van der Waals surface area contributed by atoms with Crippen LogP contribution in [0, 0.1) is 0 Å². The van der Waals surface area contributed by atoms with Crippen LogP contribution < -0.4 is 5.73 Å². The van der Waals surface area contributed by atoms with E-state index in [-0.39, 0.29) is 12.1 Å². The predicted octanol–water partition coefficient (Wildman–Crippen LogP) is 0.598. The smallest absolute Gasteiger partial charge is 0.102 e. The molecule has 0 aromatic carbocycles. The lowest BCUT2D eigenvalue weighted by Gasteiger charge is -2.28. The van der Waals surface area contributed by atoms with Crippen LogP contribution >= 0.6 is 11.6 Å². The molecule has 1 aliphatic rings. The summed E-state index contributed by atoms with van der Waals surface area (Å²) in [6.07, 6.45) is 1.41. The number of hydrogen-bond acceptors (Lipinski definition) is 5. The fourth-order valence-electron chi connectivity index (χ4n) is 1.95. The molecule has 18 heavy (non-hydrogen) atoms. The van der Waals surface area contributed by atoms with Gasteiger partial charge in [-0.25, -0.2) is 0 Å². The lowest BCUT2D eigenvalue weighted by atomic mass is 10.1. The summed E-state index contributed by atoms with van der Waals surface area (Å²) in [5.41, 5.74) is 6.96. The molecule has 0 saturated carbocycles. The van der Waals surface area contributed by atoms with Crippen LogP contribution in [0.4, 0.5) is 0 Å². The Morgan fingerprint density at radius 1 is 1.67 bits per heavy atom. The fraction of sp³-hybridized carbons (Fsp3) is 0.727. The Kier molecular flexibility index (Phi) is 4.96. The summed E-state index contributed by atoms with van der Waals surface area (Å²) in [6, 6.07) is -0.350. The van der Waals surface area contributed by atoms with Crippen molar-refractivity contribution in [2.24, 2.45) is 5.73 Å². The maximum atomic E-state index is 6.20. The van der Waals surface area contributed by atoms with Gasteiger partial charge in [-0.1, -0.05) is 11.6 Å². The maximum absolute atomic E-state index is 6.20. The summed E-state index contributed by atoms with van der Waals surface area (Å²) in [7, 11) is 1.64. The molecule has 7 heteroatoms. The van der Waals surface area contributed by atoms with Gasteiger partial charge in [-0.15, -0.1) is 0 Å². The Labute approximate surface area is 111 Å². The molecule has 1 saturated heterocycles. The molecule has 0 bridgehead atoms. The first-order valence-electron chi connectivity index (χ1n) is 5.89. The van der Waals surface area contributed by atoms with Crippen molar-refractivity contribution in [2.75, 3.05) is 33.5 Å². The number of rotatable bonds is 5. The van der Waals surface area contributed by atoms with Gasteiger partial charge in [0.05, 0.1) is 55.9 Å². The van der Waals surface area contributed by atoms with Gasteiger partial charge in [0.15, 0.2) is 0 Å². The molecule has 2 unspecified atom stereocenters. The molecule has 2 heterocycles. The molecule has 0 aliphatic carbocycles. The highest BCUT2D eigenvalue weighted by Gasteiger charge is 2.28. The minimum absolute atomic E-state index is 0.186. The molecule has 1 fully saturated rings. The molecule has 0 amide bonds. The van der Waals surface area contributed by atoms with E-state index >= 15 is 0 Å². The van der Waals surface area contributed by atoms with E-state index in [4.69, 9.17) is 31.5 Å². The van der Waals surface area contributed by atoms with Gasteiger partial charge in [-0.3, -0.25) is 4.68 Å². The Morgan fingerprint density at radius 3 is 3.17 bits per heavy atom. The van der Waals surface area contributed by atoms with Crippen molar-refractivity contribution in [3.63, 3.8) is 0 Å². The van der Waals surface area contributed by atoms with Gasteiger partial charge in [-0.2, -0.15) is 5.10 Å². The van der Waals surface area contributed by atoms with Crippen molar-refractivity contribution in [2.45, 2.75) is 18.7 Å². The lowest BCUT2D eigenvalue weighted by Crippen LogP contribution is -2.39. The summed E-state index contributed by atoms with van der Waals surface area (Å²) in [5.74, 6) is 0. The first-order valence-corrected chi connectivity index (χ1v) is 6.27. The van der Waals surface area contributed by atoms with Gasteiger partial charge in [0, 0.05) is 7.11 Å². The third-order valence-corrected chi connectivity index (χ3v) is 3.19. The SMILES string of the molecule is COCCn1ncc(Cl)c1C(N)C1COCCO1. The lowest BCUT2D eigenvalue weighted by molar-refractivity contribution is -0.0984. The summed E-state index contributed by atoms with van der Waals surface area (Å²) >= 11 is 6.14. The molecule has 2 atom stereocenters. The number of methoxy groups -OCH3 is 1. The van der Waals surface area contributed by atoms with Crippen molar-refractivity contribution >= 4 is 11.6 Å². The van der Waals surface area contributed by atoms with E-state index in [2.05, 4.69) is 5.10 Å². The molecule has 102 valence electrons. The largest absolute Gasteiger partial charge is 0.383 e. The number of hydrogen-bond donors (Lipinski definition) is 1. The van der Waals surface area contributed by atoms with Gasteiger partial charge in [-0.05, 0) is 0 Å². The molecule has 1 aromatic heterocycles. The molecule has 2 rings (SSSR count). The van der Waals surface area contributed by atoms with Crippen LogP contribution in [0.25, 0.3) is 0 Å². The third-order valence-electron chi connectivity index (χ3n) is 2.90. The minimum Gasteiger partial charge on any atom is -0.383 e. The maximum Gasteiger partial charge on any atom is 0.102 e. The molecule has 6 nitrogen and oxygen atoms in total. The summed E-state index contributed by atoms with van der Waals surface area (Å²) in [4.78, 5) is 0. The second-order valence-corrected chi connectivity index (χ2v) is 4.51. The van der Waals surface area contributed by atoms with Crippen LogP contribution in [0.15, 0.2) is 6.20 Å². The monoisotopic (exact) mass is 275 g/mol. The predicted molar refractivity (Wildman–Crippen MR) is 66.6 cm³/mol. The van der Waals surface area contributed by atoms with E-state index < -0.39 is 0 Å². The zero-order chi connectivity index (χ0) is 13.0. The zero-order valence-corrected chi connectivity index (χ0v) is 11.1. The molecular formula is C11H18ClN3O3. The zero-order valence-electron chi connectivity index (χ0n) is 10.3. The normalized spacial score (nSPS) is 22.1. The van der Waals surface area contributed by atoms with Gasteiger partial charge in [0.2, 0.25) is 0 Å². The van der Waals surface area contributed by atoms with Gasteiger partial charge in [0.25, 0.3) is 0 Å². The second-order valence-electron chi connectivity index (χ2n) is 4.10. The number of aromatic nitrogens is 2. The first kappa shape index (κ1) is 13.8. The molecule has 0 spiro atoms. The second kappa shape index (κ2) is 6.49. The topological polar surface area (TPSA) is 71.5 Å². The van der Waals surface area contributed by atoms with Crippen molar-refractivity contribution < 1.29 is 14.2 Å². The Balaban J connectivity index is 2.12. The average molecular weight is 276 g/mol. The van der Waals surface area contributed by atoms with Crippen LogP contribution in [0.5, 0.6) is 0 Å². The quantitative estimate of drug-likeness (QED) is 0.852. The first-order chi connectivity index (χ1) is 8.74. The van der Waals surface area contributed by atoms with Crippen LogP contribution in [-0.4, -0.2) is 49.4 Å². The highest BCUT2D eigenvalue weighted by atomic mass is 35.5. The molecular weight excluding hydrogens is 258 g/mol. The fourth-order valence-corrected chi connectivity index (χ4v) is 2.22. The molecule has 1 aromatic rings. The number of halogens is 1. The van der Waals surface area contributed by atoms with E-state index in [1.54, 1.807) is 18.0 Å². The van der Waals surface area contributed by atoms with Gasteiger partial charge >= 0.3 is 0 Å². The summed E-state index contributed by atoms with van der Waals surface area (Å²) < 4.78 is 17.7. The van der Waals surface area contributed by atoms with Crippen molar-refractivity contribution in [3.05, 3.63) is 16.9 Å². The summed E-state index contributed by atoms with van der Waals surface area (Å²) in [6.45, 7) is 2.81. The van der Waals surface area contributed by atoms with Gasteiger partial charge < -0.3 is 19.9 Å². The third kappa shape index (κ3) is 3.02. The van der Waals surface area contributed by atoms with E-state index in [0.29, 0.717) is 38.0 Å². The van der Waals surface area contributed by atoms with Crippen molar-refractivity contribution in [3.8, 4) is 0 Å². The molecule has 1 aliphatic heterocycles. The Morgan fingerprint density at radius 2 is 2.50 bits per heavy atom. The van der Waals surface area contributed by atoms with Gasteiger partial charge in [0.1, 0.15) is 6.10 Å². The molecule has 2 N–H and O–H groups in total. The highest BCUT2D eigenvalue weighted by molar-refractivity contribution is 6.31. The highest BCUT2D eigenvalue weighted by Crippen LogP contribution is 2.26. The van der Waals surface area contributed by atoms with Crippen molar-refractivity contribution in [1.29, 1.82) is 0 Å². The van der Waals surface area contributed by atoms with E-state index in [0.717, 1.165) is 5.69 Å². The Hall–Kier alpha value is -0.660. The minimum atomic E-state index is -0.350.